The topological polar surface area (TPSA) is 99.9 Å². The number of carbonyl (C=O) groups excluding carboxylic acids is 2. The summed E-state index contributed by atoms with van der Waals surface area (Å²) in [5, 5.41) is 21.7. The first-order valence-corrected chi connectivity index (χ1v) is 9.49. The van der Waals surface area contributed by atoms with E-state index >= 15 is 0 Å². The zero-order valence-electron chi connectivity index (χ0n) is 15.7. The van der Waals surface area contributed by atoms with E-state index in [4.69, 9.17) is 0 Å². The fraction of sp³-hybridized carbons (Fsp3) is 0.200. The van der Waals surface area contributed by atoms with Crippen molar-refractivity contribution in [3.63, 3.8) is 0 Å². The van der Waals surface area contributed by atoms with Gasteiger partial charge in [0.05, 0.1) is 5.97 Å². The quantitative estimate of drug-likeness (QED) is 0.643. The van der Waals surface area contributed by atoms with Crippen LogP contribution in [0.2, 0.25) is 0 Å². The van der Waals surface area contributed by atoms with Crippen molar-refractivity contribution in [2.45, 2.75) is 24.3 Å². The Morgan fingerprint density at radius 3 is 2.43 bits per heavy atom. The maximum atomic E-state index is 12.4. The number of benzene rings is 2. The molecule has 0 bridgehead atoms. The molecular formula is C20H19N4O3S-. The van der Waals surface area contributed by atoms with Crippen LogP contribution in [0.15, 0.2) is 53.7 Å². The Bertz CT molecular complexity index is 1010. The van der Waals surface area contributed by atoms with Gasteiger partial charge in [-0.25, -0.2) is 0 Å². The largest absolute Gasteiger partial charge is 0.549 e. The Morgan fingerprint density at radius 1 is 1.11 bits per heavy atom. The average Bonchev–Trinajstić information content (AvgIpc) is 3.03. The molecule has 7 nitrogen and oxygen atoms in total. The van der Waals surface area contributed by atoms with Gasteiger partial charge in [0.1, 0.15) is 0 Å². The second-order valence-electron chi connectivity index (χ2n) is 6.29. The summed E-state index contributed by atoms with van der Waals surface area (Å²) in [6, 6.07) is 14.6. The SMILES string of the molecule is Cc1ccccc1C(=O)Nc1ccc(-c2nnc(S[C@@H](C)C(=O)[O-])n2C)cc1. The number of carboxylic acid groups (broad SMARTS) is 1. The van der Waals surface area contributed by atoms with Gasteiger partial charge in [-0.05, 0) is 49.7 Å². The van der Waals surface area contributed by atoms with Crippen LogP contribution in [-0.4, -0.2) is 31.9 Å². The molecule has 1 amide bonds. The summed E-state index contributed by atoms with van der Waals surface area (Å²) in [6.45, 7) is 3.43. The predicted molar refractivity (Wildman–Crippen MR) is 106 cm³/mol. The number of hydrogen-bond acceptors (Lipinski definition) is 6. The van der Waals surface area contributed by atoms with Crippen molar-refractivity contribution in [3.8, 4) is 11.4 Å². The van der Waals surface area contributed by atoms with Gasteiger partial charge >= 0.3 is 0 Å². The molecule has 3 rings (SSSR count). The molecule has 28 heavy (non-hydrogen) atoms. The number of aryl methyl sites for hydroxylation is 1. The van der Waals surface area contributed by atoms with Crippen LogP contribution in [0.25, 0.3) is 11.4 Å². The molecule has 1 heterocycles. The van der Waals surface area contributed by atoms with Gasteiger partial charge in [-0.15, -0.1) is 10.2 Å². The van der Waals surface area contributed by atoms with Crippen LogP contribution in [-0.2, 0) is 11.8 Å². The molecule has 144 valence electrons. The number of hydrogen-bond donors (Lipinski definition) is 1. The van der Waals surface area contributed by atoms with Crippen molar-refractivity contribution < 1.29 is 14.7 Å². The Labute approximate surface area is 166 Å². The smallest absolute Gasteiger partial charge is 0.255 e. The molecule has 2 aromatic carbocycles. The number of anilines is 1. The minimum atomic E-state index is -1.15. The Morgan fingerprint density at radius 2 is 1.79 bits per heavy atom. The van der Waals surface area contributed by atoms with Crippen LogP contribution in [0.3, 0.4) is 0 Å². The van der Waals surface area contributed by atoms with Gasteiger partial charge in [-0.1, -0.05) is 30.0 Å². The number of nitrogens with zero attached hydrogens (tertiary/aromatic N) is 3. The van der Waals surface area contributed by atoms with Gasteiger partial charge in [0.2, 0.25) is 0 Å². The average molecular weight is 395 g/mol. The molecule has 1 aromatic heterocycles. The van der Waals surface area contributed by atoms with Crippen LogP contribution in [0.5, 0.6) is 0 Å². The maximum Gasteiger partial charge on any atom is 0.255 e. The zero-order chi connectivity index (χ0) is 20.3. The van der Waals surface area contributed by atoms with E-state index in [-0.39, 0.29) is 5.91 Å². The molecule has 3 aromatic rings. The third-order valence-corrected chi connectivity index (χ3v) is 5.35. The van der Waals surface area contributed by atoms with Gasteiger partial charge in [-0.2, -0.15) is 0 Å². The van der Waals surface area contributed by atoms with Gasteiger partial charge < -0.3 is 19.8 Å². The van der Waals surface area contributed by atoms with E-state index in [2.05, 4.69) is 15.5 Å². The highest BCUT2D eigenvalue weighted by molar-refractivity contribution is 8.00. The molecule has 1 atom stereocenters. The first-order valence-electron chi connectivity index (χ1n) is 8.61. The van der Waals surface area contributed by atoms with Crippen molar-refractivity contribution in [3.05, 3.63) is 59.7 Å². The Balaban J connectivity index is 1.74. The van der Waals surface area contributed by atoms with E-state index in [0.717, 1.165) is 22.9 Å². The van der Waals surface area contributed by atoms with E-state index in [1.165, 1.54) is 0 Å². The lowest BCUT2D eigenvalue weighted by atomic mass is 10.1. The number of rotatable bonds is 6. The lowest BCUT2D eigenvalue weighted by Gasteiger charge is -2.11. The molecule has 0 saturated heterocycles. The number of carboxylic acids is 1. The number of nitrogens with one attached hydrogen (secondary N) is 1. The minimum Gasteiger partial charge on any atom is -0.549 e. The van der Waals surface area contributed by atoms with Gasteiger partial charge in [-0.3, -0.25) is 4.79 Å². The number of thioether (sulfide) groups is 1. The summed E-state index contributed by atoms with van der Waals surface area (Å²) < 4.78 is 1.73. The highest BCUT2D eigenvalue weighted by Gasteiger charge is 2.15. The monoisotopic (exact) mass is 395 g/mol. The minimum absolute atomic E-state index is 0.167. The zero-order valence-corrected chi connectivity index (χ0v) is 16.5. The molecule has 8 heteroatoms. The number of amides is 1. The molecule has 0 aliphatic carbocycles. The molecule has 1 N–H and O–H groups in total. The molecule has 0 radical (unpaired) electrons. The fourth-order valence-corrected chi connectivity index (χ4v) is 3.35. The molecule has 0 fully saturated rings. The maximum absolute atomic E-state index is 12.4. The number of aliphatic carboxylic acids is 1. The highest BCUT2D eigenvalue weighted by atomic mass is 32.2. The van der Waals surface area contributed by atoms with Gasteiger partial charge in [0.15, 0.2) is 11.0 Å². The van der Waals surface area contributed by atoms with Crippen molar-refractivity contribution in [1.82, 2.24) is 14.8 Å². The summed E-state index contributed by atoms with van der Waals surface area (Å²) in [4.78, 5) is 23.3. The van der Waals surface area contributed by atoms with Gasteiger partial charge in [0, 0.05) is 29.1 Å². The standard InChI is InChI=1S/C20H20N4O3S/c1-12-6-4-5-7-16(12)18(25)21-15-10-8-14(9-11-15)17-22-23-20(24(17)3)28-13(2)19(26)27/h4-11,13H,1-3H3,(H,21,25)(H,26,27)/p-1/t13-/m0/s1. The first-order chi connectivity index (χ1) is 13.4. The summed E-state index contributed by atoms with van der Waals surface area (Å²) >= 11 is 1.07. The van der Waals surface area contributed by atoms with Crippen molar-refractivity contribution in [2.75, 3.05) is 5.32 Å². The van der Waals surface area contributed by atoms with Gasteiger partial charge in [0.25, 0.3) is 5.91 Å². The summed E-state index contributed by atoms with van der Waals surface area (Å²) in [5.41, 5.74) is 3.01. The predicted octanol–water partition coefficient (Wildman–Crippen LogP) is 2.27. The van der Waals surface area contributed by atoms with Crippen molar-refractivity contribution in [1.29, 1.82) is 0 Å². The van der Waals surface area contributed by atoms with Crippen LogP contribution in [0.4, 0.5) is 5.69 Å². The first kappa shape index (κ1) is 19.6. The third kappa shape index (κ3) is 4.23. The highest BCUT2D eigenvalue weighted by Crippen LogP contribution is 2.26. The van der Waals surface area contributed by atoms with Crippen molar-refractivity contribution >= 4 is 29.3 Å². The molecular weight excluding hydrogens is 376 g/mol. The fourth-order valence-electron chi connectivity index (χ4n) is 2.60. The van der Waals surface area contributed by atoms with E-state index in [0.29, 0.717) is 22.2 Å². The van der Waals surface area contributed by atoms with E-state index in [1.807, 2.05) is 37.3 Å². The molecule has 0 aliphatic heterocycles. The normalized spacial score (nSPS) is 11.8. The lowest BCUT2D eigenvalue weighted by Crippen LogP contribution is -2.31. The van der Waals surface area contributed by atoms with Crippen LogP contribution < -0.4 is 10.4 Å². The summed E-state index contributed by atoms with van der Waals surface area (Å²) in [5.74, 6) is -0.715. The second kappa shape index (κ2) is 8.26. The lowest BCUT2D eigenvalue weighted by molar-refractivity contribution is -0.304. The second-order valence-corrected chi connectivity index (χ2v) is 7.60. The van der Waals surface area contributed by atoms with Crippen molar-refractivity contribution in [2.24, 2.45) is 7.05 Å². The van der Waals surface area contributed by atoms with Crippen LogP contribution in [0.1, 0.15) is 22.8 Å². The summed E-state index contributed by atoms with van der Waals surface area (Å²) in [7, 11) is 1.77. The Hall–Kier alpha value is -3.13. The van der Waals surface area contributed by atoms with E-state index in [1.54, 1.807) is 36.7 Å². The Kier molecular flexibility index (Phi) is 5.79. The number of aromatic nitrogens is 3. The number of carbonyl (C=O) groups is 2. The molecule has 0 saturated carbocycles. The van der Waals surface area contributed by atoms with Crippen LogP contribution >= 0.6 is 11.8 Å². The molecule has 0 spiro atoms. The third-order valence-electron chi connectivity index (χ3n) is 4.24. The summed E-state index contributed by atoms with van der Waals surface area (Å²) in [6.07, 6.45) is 0. The van der Waals surface area contributed by atoms with E-state index in [9.17, 15) is 14.7 Å². The van der Waals surface area contributed by atoms with Crippen LogP contribution in [0, 0.1) is 6.92 Å². The van der Waals surface area contributed by atoms with E-state index < -0.39 is 11.2 Å². The molecule has 0 aliphatic rings. The molecule has 0 unspecified atom stereocenters.